The zero-order valence-corrected chi connectivity index (χ0v) is 33.9. The van der Waals surface area contributed by atoms with E-state index in [1.165, 1.54) is 0 Å². The third-order valence-corrected chi connectivity index (χ3v) is 10.8. The van der Waals surface area contributed by atoms with Crippen molar-refractivity contribution in [3.8, 4) is 23.0 Å². The molecule has 15 nitrogen and oxygen atoms in total. The lowest BCUT2D eigenvalue weighted by Crippen LogP contribution is -2.63. The van der Waals surface area contributed by atoms with Gasteiger partial charge in [-0.3, -0.25) is 0 Å². The molecular formula is C45H54O15. The van der Waals surface area contributed by atoms with Crippen LogP contribution < -0.4 is 18.9 Å². The standard InChI is InChI=1S/C45H54O15/c1-5-31(41-37(48)35(46)39(50)43(59-41)55-33-13-9-7-11-27(33)23-25-15-19-29(53-3)20-16-25)57-45(52)58-32(6-2)42-38(49)36(47)40(51)44(60-42)56-34-14-10-8-12-28(34)24-26-17-21-30(54-4)22-18-26/h7-22,31-32,35-44,46-51H,5-6,23-24H2,1-4H3/t31?,32?,35-,36-,37-,38-,39+,40+,41-,42-,43+,44+/m0/s1. The van der Waals surface area contributed by atoms with E-state index in [1.54, 1.807) is 52.3 Å². The van der Waals surface area contributed by atoms with Crippen molar-refractivity contribution < 1.29 is 73.3 Å². The topological polar surface area (TPSA) is 212 Å². The summed E-state index contributed by atoms with van der Waals surface area (Å²) in [6.07, 6.45) is -18.5. The van der Waals surface area contributed by atoms with Crippen LogP contribution in [0.4, 0.5) is 4.79 Å². The van der Waals surface area contributed by atoms with E-state index < -0.39 is 79.8 Å². The van der Waals surface area contributed by atoms with Crippen molar-refractivity contribution in [3.05, 3.63) is 119 Å². The SMILES string of the molecule is CCC(OC(=O)OC(CC)[C@@H]1O[C@@H](Oc2ccccc2Cc2ccc(OC)cc2)[C@H](O)[C@@H](O)[C@@H]1O)[C@@H]1O[C@@H](Oc2ccccc2Cc2ccc(OC)cc2)[C@H](O)[C@@H](O)[C@@H]1O. The number of hydrogen-bond acceptors (Lipinski definition) is 15. The summed E-state index contributed by atoms with van der Waals surface area (Å²) >= 11 is 0. The molecule has 2 heterocycles. The molecule has 60 heavy (non-hydrogen) atoms. The molecular weight excluding hydrogens is 780 g/mol. The highest BCUT2D eigenvalue weighted by Gasteiger charge is 2.51. The quantitative estimate of drug-likeness (QED) is 0.0890. The second-order valence-electron chi connectivity index (χ2n) is 14.8. The highest BCUT2D eigenvalue weighted by atomic mass is 16.8. The van der Waals surface area contributed by atoms with Crippen molar-refractivity contribution in [2.24, 2.45) is 0 Å². The number of benzene rings is 4. The average Bonchev–Trinajstić information content (AvgIpc) is 3.27. The fourth-order valence-electron chi connectivity index (χ4n) is 7.30. The maximum absolute atomic E-state index is 13.4. The highest BCUT2D eigenvalue weighted by molar-refractivity contribution is 5.60. The Hall–Kier alpha value is -4.97. The molecule has 6 N–H and O–H groups in total. The van der Waals surface area contributed by atoms with Gasteiger partial charge in [-0.2, -0.15) is 0 Å². The fourth-order valence-corrected chi connectivity index (χ4v) is 7.30. The summed E-state index contributed by atoms with van der Waals surface area (Å²) in [6, 6.07) is 29.2. The lowest BCUT2D eigenvalue weighted by atomic mass is 9.94. The Kier molecular flexibility index (Phi) is 15.3. The predicted molar refractivity (Wildman–Crippen MR) is 215 cm³/mol. The van der Waals surface area contributed by atoms with Crippen LogP contribution in [0.1, 0.15) is 48.9 Å². The monoisotopic (exact) mass is 834 g/mol. The summed E-state index contributed by atoms with van der Waals surface area (Å²) < 4.78 is 46.0. The molecule has 15 heteroatoms. The maximum Gasteiger partial charge on any atom is 0.509 e. The molecule has 6 rings (SSSR count). The predicted octanol–water partition coefficient (Wildman–Crippen LogP) is 3.67. The summed E-state index contributed by atoms with van der Waals surface area (Å²) in [4.78, 5) is 13.4. The summed E-state index contributed by atoms with van der Waals surface area (Å²) in [5.41, 5.74) is 3.42. The van der Waals surface area contributed by atoms with Gasteiger partial charge in [0, 0.05) is 12.8 Å². The van der Waals surface area contributed by atoms with E-state index in [9.17, 15) is 35.4 Å². The molecule has 0 spiro atoms. The van der Waals surface area contributed by atoms with Crippen molar-refractivity contribution in [1.29, 1.82) is 0 Å². The Morgan fingerprint density at radius 2 is 0.900 bits per heavy atom. The summed E-state index contributed by atoms with van der Waals surface area (Å²) in [5, 5.41) is 65.8. The van der Waals surface area contributed by atoms with E-state index in [1.807, 2.05) is 72.8 Å². The molecule has 12 atom stereocenters. The van der Waals surface area contributed by atoms with E-state index in [0.717, 1.165) is 22.3 Å². The first kappa shape index (κ1) is 44.6. The van der Waals surface area contributed by atoms with Gasteiger partial charge in [0.05, 0.1) is 14.2 Å². The first-order chi connectivity index (χ1) is 28.9. The van der Waals surface area contributed by atoms with Crippen LogP contribution in [0.5, 0.6) is 23.0 Å². The molecule has 0 aromatic heterocycles. The molecule has 4 aromatic carbocycles. The molecule has 2 unspecified atom stereocenters. The molecule has 2 saturated heterocycles. The van der Waals surface area contributed by atoms with Gasteiger partial charge in [0.2, 0.25) is 12.6 Å². The Morgan fingerprint density at radius 1 is 0.533 bits per heavy atom. The molecule has 0 saturated carbocycles. The van der Waals surface area contributed by atoms with Gasteiger partial charge in [-0.05, 0) is 71.5 Å². The van der Waals surface area contributed by atoms with E-state index in [4.69, 9.17) is 37.9 Å². The Labute approximate surface area is 348 Å². The number of aliphatic hydroxyl groups excluding tert-OH is 6. The van der Waals surface area contributed by atoms with Crippen molar-refractivity contribution in [2.45, 2.75) is 113 Å². The Morgan fingerprint density at radius 3 is 1.25 bits per heavy atom. The van der Waals surface area contributed by atoms with Gasteiger partial charge in [-0.1, -0.05) is 74.5 Å². The molecule has 4 aromatic rings. The smallest absolute Gasteiger partial charge is 0.497 e. The minimum Gasteiger partial charge on any atom is -0.497 e. The van der Waals surface area contributed by atoms with Crippen LogP contribution >= 0.6 is 0 Å². The van der Waals surface area contributed by atoms with E-state index in [-0.39, 0.29) is 12.8 Å². The van der Waals surface area contributed by atoms with Crippen molar-refractivity contribution in [1.82, 2.24) is 0 Å². The van der Waals surface area contributed by atoms with Crippen LogP contribution in [0.2, 0.25) is 0 Å². The summed E-state index contributed by atoms with van der Waals surface area (Å²) in [7, 11) is 3.17. The molecule has 2 fully saturated rings. The normalized spacial score (nSPS) is 27.6. The van der Waals surface area contributed by atoms with Gasteiger partial charge in [0.1, 0.15) is 84.0 Å². The lowest BCUT2D eigenvalue weighted by molar-refractivity contribution is -0.294. The summed E-state index contributed by atoms with van der Waals surface area (Å²) in [5.74, 6) is 2.14. The van der Waals surface area contributed by atoms with Crippen molar-refractivity contribution in [2.75, 3.05) is 14.2 Å². The molecule has 2 aliphatic heterocycles. The molecule has 0 amide bonds. The molecule has 0 bridgehead atoms. The minimum absolute atomic E-state index is 0.0799. The van der Waals surface area contributed by atoms with Gasteiger partial charge in [0.15, 0.2) is 0 Å². The van der Waals surface area contributed by atoms with Gasteiger partial charge in [0.25, 0.3) is 0 Å². The summed E-state index contributed by atoms with van der Waals surface area (Å²) in [6.45, 7) is 3.31. The second-order valence-corrected chi connectivity index (χ2v) is 14.8. The second kappa shape index (κ2) is 20.5. The van der Waals surface area contributed by atoms with Gasteiger partial charge in [-0.15, -0.1) is 0 Å². The van der Waals surface area contributed by atoms with Crippen molar-refractivity contribution in [3.63, 3.8) is 0 Å². The Balaban J connectivity index is 1.11. The zero-order valence-electron chi connectivity index (χ0n) is 33.9. The number of hydrogen-bond donors (Lipinski definition) is 6. The highest BCUT2D eigenvalue weighted by Crippen LogP contribution is 2.33. The lowest BCUT2D eigenvalue weighted by Gasteiger charge is -2.43. The van der Waals surface area contributed by atoms with Crippen LogP contribution in [-0.2, 0) is 31.8 Å². The van der Waals surface area contributed by atoms with E-state index in [2.05, 4.69) is 0 Å². The largest absolute Gasteiger partial charge is 0.509 e. The van der Waals surface area contributed by atoms with Gasteiger partial charge < -0.3 is 68.5 Å². The van der Waals surface area contributed by atoms with Gasteiger partial charge in [-0.25, -0.2) is 4.79 Å². The first-order valence-corrected chi connectivity index (χ1v) is 20.0. The van der Waals surface area contributed by atoms with Crippen LogP contribution in [-0.4, -0.2) is 125 Å². The van der Waals surface area contributed by atoms with Crippen LogP contribution in [0.15, 0.2) is 97.1 Å². The molecule has 324 valence electrons. The van der Waals surface area contributed by atoms with Crippen LogP contribution in [0.25, 0.3) is 0 Å². The molecule has 0 radical (unpaired) electrons. The third-order valence-electron chi connectivity index (χ3n) is 10.8. The number of methoxy groups -OCH3 is 2. The van der Waals surface area contributed by atoms with Crippen LogP contribution in [0, 0.1) is 0 Å². The molecule has 2 aliphatic rings. The fraction of sp³-hybridized carbons (Fsp3) is 0.444. The zero-order chi connectivity index (χ0) is 42.9. The average molecular weight is 835 g/mol. The number of carbonyl (C=O) groups is 1. The van der Waals surface area contributed by atoms with Crippen LogP contribution in [0.3, 0.4) is 0 Å². The van der Waals surface area contributed by atoms with Gasteiger partial charge >= 0.3 is 6.16 Å². The minimum atomic E-state index is -1.74. The Bertz CT molecular complexity index is 1820. The molecule has 0 aliphatic carbocycles. The number of para-hydroxylation sites is 2. The maximum atomic E-state index is 13.4. The van der Waals surface area contributed by atoms with E-state index in [0.29, 0.717) is 35.8 Å². The van der Waals surface area contributed by atoms with E-state index >= 15 is 0 Å². The number of aliphatic hydroxyl groups is 6. The number of rotatable bonds is 16. The third kappa shape index (κ3) is 10.5. The van der Waals surface area contributed by atoms with Crippen molar-refractivity contribution >= 4 is 6.16 Å². The number of ether oxygens (including phenoxy) is 8. The first-order valence-electron chi connectivity index (χ1n) is 20.0. The number of carbonyl (C=O) groups excluding carboxylic acids is 1.